The third-order valence-corrected chi connectivity index (χ3v) is 6.06. The lowest BCUT2D eigenvalue weighted by molar-refractivity contribution is -0.121. The van der Waals surface area contributed by atoms with E-state index in [9.17, 15) is 4.79 Å². The van der Waals surface area contributed by atoms with Gasteiger partial charge in [-0.1, -0.05) is 41.9 Å². The lowest BCUT2D eigenvalue weighted by Gasteiger charge is -2.05. The van der Waals surface area contributed by atoms with Gasteiger partial charge in [-0.05, 0) is 49.1 Å². The summed E-state index contributed by atoms with van der Waals surface area (Å²) in [6, 6.07) is 17.6. The van der Waals surface area contributed by atoms with Gasteiger partial charge in [0.25, 0.3) is 0 Å². The van der Waals surface area contributed by atoms with Crippen LogP contribution in [0.3, 0.4) is 0 Å². The van der Waals surface area contributed by atoms with E-state index in [1.54, 1.807) is 6.20 Å². The Morgan fingerprint density at radius 2 is 1.91 bits per heavy atom. The Balaban J connectivity index is 1.20. The summed E-state index contributed by atoms with van der Waals surface area (Å²) in [5.74, 6) is 1.07. The zero-order valence-electron chi connectivity index (χ0n) is 17.6. The number of halogens is 1. The highest BCUT2D eigenvalue weighted by Gasteiger charge is 2.23. The van der Waals surface area contributed by atoms with Crippen LogP contribution in [0.25, 0.3) is 17.0 Å². The molecule has 1 aliphatic carbocycles. The number of carbonyl (C=O) groups is 1. The fourth-order valence-electron chi connectivity index (χ4n) is 4.14. The van der Waals surface area contributed by atoms with Crippen LogP contribution in [0.1, 0.15) is 35.7 Å². The van der Waals surface area contributed by atoms with Crippen LogP contribution in [0.4, 0.5) is 0 Å². The van der Waals surface area contributed by atoms with Crippen molar-refractivity contribution in [3.63, 3.8) is 0 Å². The second-order valence-electron chi connectivity index (χ2n) is 7.85. The topological polar surface area (TPSA) is 73.0 Å². The molecule has 1 N–H and O–H groups in total. The summed E-state index contributed by atoms with van der Waals surface area (Å²) in [4.78, 5) is 16.7. The van der Waals surface area contributed by atoms with Crippen molar-refractivity contribution >= 4 is 17.5 Å². The van der Waals surface area contributed by atoms with Gasteiger partial charge in [-0.15, -0.1) is 0 Å². The molecule has 0 saturated heterocycles. The van der Waals surface area contributed by atoms with Crippen LogP contribution in [-0.4, -0.2) is 20.7 Å². The summed E-state index contributed by atoms with van der Waals surface area (Å²) in [5, 5.41) is 8.41. The quantitative estimate of drug-likeness (QED) is 0.437. The molecule has 5 rings (SSSR count). The predicted octanol–water partition coefficient (Wildman–Crippen LogP) is 4.92. The van der Waals surface area contributed by atoms with E-state index in [4.69, 9.17) is 21.1 Å². The molecule has 0 spiro atoms. The van der Waals surface area contributed by atoms with Gasteiger partial charge in [0, 0.05) is 24.1 Å². The van der Waals surface area contributed by atoms with Crippen molar-refractivity contribution < 1.29 is 9.21 Å². The summed E-state index contributed by atoms with van der Waals surface area (Å²) in [7, 11) is 0. The fourth-order valence-corrected chi connectivity index (χ4v) is 4.37. The molecule has 1 aliphatic rings. The first-order valence-corrected chi connectivity index (χ1v) is 11.2. The molecule has 0 fully saturated rings. The molecular formula is C25H23ClN4O2. The van der Waals surface area contributed by atoms with E-state index >= 15 is 0 Å². The van der Waals surface area contributed by atoms with Crippen molar-refractivity contribution in [2.75, 3.05) is 0 Å². The zero-order valence-corrected chi connectivity index (χ0v) is 18.3. The standard InChI is InChI=1S/C25H23ClN4O2/c26-20-11-5-4-9-18(20)23-16-28-25(32-23)14-13-24(31)27-15-21-19-10-6-12-22(19)30(29-21)17-7-2-1-3-8-17/h1-5,7-9,11,16H,6,10,12-15H2,(H,27,31). The highest BCUT2D eigenvalue weighted by molar-refractivity contribution is 6.33. The van der Waals surface area contributed by atoms with Gasteiger partial charge in [-0.3, -0.25) is 4.79 Å². The SMILES string of the molecule is O=C(CCc1ncc(-c2ccccc2Cl)o1)NCc1nn(-c2ccccc2)c2c1CCC2. The Hall–Kier alpha value is -3.38. The van der Waals surface area contributed by atoms with Gasteiger partial charge in [-0.2, -0.15) is 5.10 Å². The van der Waals surface area contributed by atoms with E-state index in [0.717, 1.165) is 36.2 Å². The van der Waals surface area contributed by atoms with Crippen LogP contribution in [-0.2, 0) is 30.6 Å². The Morgan fingerprint density at radius 1 is 1.09 bits per heavy atom. The molecule has 0 bridgehead atoms. The minimum Gasteiger partial charge on any atom is -0.441 e. The molecular weight excluding hydrogens is 424 g/mol. The minimum atomic E-state index is -0.0523. The van der Waals surface area contributed by atoms with E-state index in [0.29, 0.717) is 36.1 Å². The number of hydrogen-bond donors (Lipinski definition) is 1. The summed E-state index contributed by atoms with van der Waals surface area (Å²) in [6.45, 7) is 0.428. The first-order chi connectivity index (χ1) is 15.7. The van der Waals surface area contributed by atoms with Crippen LogP contribution in [0.15, 0.2) is 65.2 Å². The molecule has 32 heavy (non-hydrogen) atoms. The number of oxazole rings is 1. The van der Waals surface area contributed by atoms with Crippen molar-refractivity contribution in [3.8, 4) is 17.0 Å². The summed E-state index contributed by atoms with van der Waals surface area (Å²) < 4.78 is 7.81. The van der Waals surface area contributed by atoms with Crippen LogP contribution in [0.2, 0.25) is 5.02 Å². The molecule has 2 heterocycles. The molecule has 0 radical (unpaired) electrons. The second kappa shape index (κ2) is 9.01. The van der Waals surface area contributed by atoms with Gasteiger partial charge in [0.1, 0.15) is 0 Å². The second-order valence-corrected chi connectivity index (χ2v) is 8.25. The minimum absolute atomic E-state index is 0.0523. The van der Waals surface area contributed by atoms with Crippen molar-refractivity contribution in [2.24, 2.45) is 0 Å². The van der Waals surface area contributed by atoms with Gasteiger partial charge in [0.05, 0.1) is 29.1 Å². The summed E-state index contributed by atoms with van der Waals surface area (Å²) in [5.41, 5.74) is 5.33. The number of para-hydroxylation sites is 1. The number of nitrogens with one attached hydrogen (secondary N) is 1. The fraction of sp³-hybridized carbons (Fsp3) is 0.240. The number of carbonyl (C=O) groups excluding carboxylic acids is 1. The Bertz CT molecular complexity index is 1250. The maximum Gasteiger partial charge on any atom is 0.220 e. The van der Waals surface area contributed by atoms with Crippen molar-refractivity contribution in [2.45, 2.75) is 38.6 Å². The highest BCUT2D eigenvalue weighted by Crippen LogP contribution is 2.29. The average Bonchev–Trinajstić information content (AvgIpc) is 3.55. The Morgan fingerprint density at radius 3 is 2.75 bits per heavy atom. The molecule has 0 unspecified atom stereocenters. The molecule has 2 aromatic carbocycles. The van der Waals surface area contributed by atoms with Crippen molar-refractivity contribution in [3.05, 3.63) is 88.7 Å². The molecule has 0 aliphatic heterocycles. The molecule has 6 nitrogen and oxygen atoms in total. The number of nitrogens with zero attached hydrogens (tertiary/aromatic N) is 3. The van der Waals surface area contributed by atoms with E-state index in [1.165, 1.54) is 11.3 Å². The van der Waals surface area contributed by atoms with Crippen LogP contribution < -0.4 is 5.32 Å². The molecule has 1 amide bonds. The smallest absolute Gasteiger partial charge is 0.220 e. The number of aryl methyl sites for hydroxylation is 1. The highest BCUT2D eigenvalue weighted by atomic mass is 35.5. The molecule has 0 atom stereocenters. The number of amides is 1. The average molecular weight is 447 g/mol. The van der Waals surface area contributed by atoms with Gasteiger partial charge in [-0.25, -0.2) is 9.67 Å². The van der Waals surface area contributed by atoms with Crippen LogP contribution >= 0.6 is 11.6 Å². The molecule has 7 heteroatoms. The maximum atomic E-state index is 12.5. The third kappa shape index (κ3) is 4.18. The first kappa shape index (κ1) is 20.5. The Kier molecular flexibility index (Phi) is 5.77. The monoisotopic (exact) mass is 446 g/mol. The predicted molar refractivity (Wildman–Crippen MR) is 123 cm³/mol. The molecule has 0 saturated carbocycles. The number of hydrogen-bond acceptors (Lipinski definition) is 4. The number of aromatic nitrogens is 3. The maximum absolute atomic E-state index is 12.5. The van der Waals surface area contributed by atoms with Crippen LogP contribution in [0.5, 0.6) is 0 Å². The van der Waals surface area contributed by atoms with Crippen molar-refractivity contribution in [1.82, 2.24) is 20.1 Å². The molecule has 2 aromatic heterocycles. The zero-order chi connectivity index (χ0) is 21.9. The third-order valence-electron chi connectivity index (χ3n) is 5.73. The molecule has 4 aromatic rings. The lowest BCUT2D eigenvalue weighted by Crippen LogP contribution is -2.23. The summed E-state index contributed by atoms with van der Waals surface area (Å²) in [6.07, 6.45) is 5.52. The molecule has 162 valence electrons. The van der Waals surface area contributed by atoms with E-state index in [2.05, 4.69) is 22.4 Å². The summed E-state index contributed by atoms with van der Waals surface area (Å²) >= 11 is 6.22. The number of fused-ring (bicyclic) bond motifs is 1. The van der Waals surface area contributed by atoms with Crippen molar-refractivity contribution in [1.29, 1.82) is 0 Å². The normalized spacial score (nSPS) is 12.7. The van der Waals surface area contributed by atoms with Gasteiger partial charge in [0.15, 0.2) is 11.7 Å². The first-order valence-electron chi connectivity index (χ1n) is 10.8. The van der Waals surface area contributed by atoms with E-state index in [1.807, 2.05) is 47.1 Å². The largest absolute Gasteiger partial charge is 0.441 e. The van der Waals surface area contributed by atoms with Gasteiger partial charge < -0.3 is 9.73 Å². The van der Waals surface area contributed by atoms with Crippen LogP contribution in [0, 0.1) is 0 Å². The van der Waals surface area contributed by atoms with E-state index < -0.39 is 0 Å². The number of benzene rings is 2. The van der Waals surface area contributed by atoms with Gasteiger partial charge in [0.2, 0.25) is 5.91 Å². The number of rotatable bonds is 7. The van der Waals surface area contributed by atoms with Gasteiger partial charge >= 0.3 is 0 Å². The van der Waals surface area contributed by atoms with E-state index in [-0.39, 0.29) is 5.91 Å². The Labute approximate surface area is 191 Å². The lowest BCUT2D eigenvalue weighted by atomic mass is 10.2.